The molecule has 0 bridgehead atoms. The number of benzene rings is 1. The number of hydrogen-bond acceptors (Lipinski definition) is 3. The summed E-state index contributed by atoms with van der Waals surface area (Å²) in [6.45, 7) is 0. The van der Waals surface area contributed by atoms with Crippen LogP contribution in [0.2, 0.25) is 0 Å². The van der Waals surface area contributed by atoms with E-state index in [9.17, 15) is 0 Å². The molecular weight excluding hydrogens is 202 g/mol. The van der Waals surface area contributed by atoms with Crippen molar-refractivity contribution in [3.05, 3.63) is 55.0 Å². The van der Waals surface area contributed by atoms with Gasteiger partial charge in [-0.3, -0.25) is 0 Å². The number of pyridine rings is 1. The second-order valence-corrected chi connectivity index (χ2v) is 3.34. The van der Waals surface area contributed by atoms with Gasteiger partial charge in [-0.25, -0.2) is 4.98 Å². The molecule has 0 spiro atoms. The lowest BCUT2D eigenvalue weighted by Gasteiger charge is -2.05. The topological polar surface area (TPSA) is 39.9 Å². The second kappa shape index (κ2) is 3.66. The maximum absolute atomic E-state index is 5.53. The highest BCUT2D eigenvalue weighted by Crippen LogP contribution is 2.22. The average molecular weight is 211 g/mol. The van der Waals surface area contributed by atoms with E-state index in [1.54, 1.807) is 24.7 Å². The minimum Gasteiger partial charge on any atom is -0.337 e. The molecule has 0 atom stereocenters. The van der Waals surface area contributed by atoms with Crippen LogP contribution >= 0.6 is 0 Å². The van der Waals surface area contributed by atoms with Gasteiger partial charge in [0.25, 0.3) is 5.88 Å². The SMILES string of the molecule is c1ccc2c(On3cccn3)nccc2c1. The molecule has 1 aromatic carbocycles. The van der Waals surface area contributed by atoms with E-state index in [4.69, 9.17) is 4.84 Å². The smallest absolute Gasteiger partial charge is 0.256 e. The Morgan fingerprint density at radius 2 is 1.94 bits per heavy atom. The minimum atomic E-state index is 0.557. The van der Waals surface area contributed by atoms with E-state index < -0.39 is 0 Å². The highest BCUT2D eigenvalue weighted by molar-refractivity contribution is 5.86. The van der Waals surface area contributed by atoms with Crippen LogP contribution in [0.25, 0.3) is 10.8 Å². The van der Waals surface area contributed by atoms with Crippen LogP contribution in [-0.4, -0.2) is 14.9 Å². The Hall–Kier alpha value is -2.36. The van der Waals surface area contributed by atoms with Crippen LogP contribution in [0, 0.1) is 0 Å². The number of hydrogen-bond donors (Lipinski definition) is 0. The molecule has 0 fully saturated rings. The molecular formula is C12H9N3O. The average Bonchev–Trinajstić information content (AvgIpc) is 2.82. The first kappa shape index (κ1) is 8.91. The second-order valence-electron chi connectivity index (χ2n) is 3.34. The minimum absolute atomic E-state index is 0.557. The number of rotatable bonds is 2. The summed E-state index contributed by atoms with van der Waals surface area (Å²) in [6, 6.07) is 11.7. The zero-order chi connectivity index (χ0) is 10.8. The lowest BCUT2D eigenvalue weighted by atomic mass is 10.2. The fraction of sp³-hybridized carbons (Fsp3) is 0. The van der Waals surface area contributed by atoms with Crippen molar-refractivity contribution in [2.75, 3.05) is 0 Å². The number of aromatic nitrogens is 3. The first-order chi connectivity index (χ1) is 7.93. The van der Waals surface area contributed by atoms with Gasteiger partial charge in [-0.1, -0.05) is 23.0 Å². The van der Waals surface area contributed by atoms with E-state index in [0.29, 0.717) is 5.88 Å². The van der Waals surface area contributed by atoms with Gasteiger partial charge in [-0.15, -0.1) is 5.10 Å². The van der Waals surface area contributed by atoms with Crippen LogP contribution in [0.4, 0.5) is 0 Å². The first-order valence-electron chi connectivity index (χ1n) is 4.95. The molecule has 3 aromatic rings. The van der Waals surface area contributed by atoms with Crippen LogP contribution in [0.15, 0.2) is 55.0 Å². The summed E-state index contributed by atoms with van der Waals surface area (Å²) in [5, 5.41) is 6.04. The third-order valence-electron chi connectivity index (χ3n) is 2.30. The summed E-state index contributed by atoms with van der Waals surface area (Å²) in [4.78, 5) is 11.1. The molecule has 0 unspecified atom stereocenters. The lowest BCUT2D eigenvalue weighted by Crippen LogP contribution is -2.06. The van der Waals surface area contributed by atoms with Crippen LogP contribution < -0.4 is 4.84 Å². The van der Waals surface area contributed by atoms with Crippen molar-refractivity contribution in [2.45, 2.75) is 0 Å². The molecule has 3 rings (SSSR count). The summed E-state index contributed by atoms with van der Waals surface area (Å²) in [6.07, 6.45) is 5.11. The lowest BCUT2D eigenvalue weighted by molar-refractivity contribution is 0.173. The predicted octanol–water partition coefficient (Wildman–Crippen LogP) is 2.27. The molecule has 0 aliphatic carbocycles. The fourth-order valence-electron chi connectivity index (χ4n) is 1.56. The van der Waals surface area contributed by atoms with Gasteiger partial charge >= 0.3 is 0 Å². The third kappa shape index (κ3) is 1.50. The highest BCUT2D eigenvalue weighted by atomic mass is 16.7. The van der Waals surface area contributed by atoms with Crippen molar-refractivity contribution in [1.82, 2.24) is 14.9 Å². The van der Waals surface area contributed by atoms with E-state index in [2.05, 4.69) is 10.1 Å². The standard InChI is InChI=1S/C12H9N3O/c1-2-5-11-10(4-1)6-8-13-12(11)16-15-9-3-7-14-15/h1-9H. The van der Waals surface area contributed by atoms with E-state index in [-0.39, 0.29) is 0 Å². The molecule has 2 heterocycles. The number of nitrogens with zero attached hydrogens (tertiary/aromatic N) is 3. The van der Waals surface area contributed by atoms with Gasteiger partial charge in [0.1, 0.15) is 0 Å². The summed E-state index contributed by atoms with van der Waals surface area (Å²) in [5.41, 5.74) is 0. The maximum Gasteiger partial charge on any atom is 0.256 e. The summed E-state index contributed by atoms with van der Waals surface area (Å²) >= 11 is 0. The van der Waals surface area contributed by atoms with Crippen molar-refractivity contribution < 1.29 is 4.84 Å². The quantitative estimate of drug-likeness (QED) is 0.652. The fourth-order valence-corrected chi connectivity index (χ4v) is 1.56. The van der Waals surface area contributed by atoms with Crippen molar-refractivity contribution in [1.29, 1.82) is 0 Å². The third-order valence-corrected chi connectivity index (χ3v) is 2.30. The van der Waals surface area contributed by atoms with Gasteiger partial charge < -0.3 is 4.84 Å². The number of fused-ring (bicyclic) bond motifs is 1. The first-order valence-corrected chi connectivity index (χ1v) is 4.95. The molecule has 0 N–H and O–H groups in total. The van der Waals surface area contributed by atoms with E-state index >= 15 is 0 Å². The molecule has 0 amide bonds. The van der Waals surface area contributed by atoms with Crippen LogP contribution in [0.3, 0.4) is 0 Å². The van der Waals surface area contributed by atoms with Gasteiger partial charge in [0.2, 0.25) is 0 Å². The Bertz CT molecular complexity index is 599. The van der Waals surface area contributed by atoms with Crippen molar-refractivity contribution in [3.63, 3.8) is 0 Å². The Morgan fingerprint density at radius 1 is 1.00 bits per heavy atom. The van der Waals surface area contributed by atoms with Gasteiger partial charge in [-0.05, 0) is 23.6 Å². The van der Waals surface area contributed by atoms with E-state index in [1.807, 2.05) is 30.3 Å². The molecule has 0 aliphatic heterocycles. The van der Waals surface area contributed by atoms with Crippen molar-refractivity contribution in [2.24, 2.45) is 0 Å². The van der Waals surface area contributed by atoms with Crippen LogP contribution in [0.5, 0.6) is 5.88 Å². The molecule has 0 radical (unpaired) electrons. The van der Waals surface area contributed by atoms with Crippen LogP contribution in [0.1, 0.15) is 0 Å². The maximum atomic E-state index is 5.53. The largest absolute Gasteiger partial charge is 0.337 e. The van der Waals surface area contributed by atoms with Gasteiger partial charge in [0, 0.05) is 11.6 Å². The van der Waals surface area contributed by atoms with E-state index in [1.165, 1.54) is 4.85 Å². The zero-order valence-corrected chi connectivity index (χ0v) is 8.45. The summed E-state index contributed by atoms with van der Waals surface area (Å²) in [7, 11) is 0. The monoisotopic (exact) mass is 211 g/mol. The molecule has 78 valence electrons. The van der Waals surface area contributed by atoms with Crippen LogP contribution in [-0.2, 0) is 0 Å². The van der Waals surface area contributed by atoms with E-state index in [0.717, 1.165) is 10.8 Å². The zero-order valence-electron chi connectivity index (χ0n) is 8.45. The Balaban J connectivity index is 2.10. The molecule has 0 saturated carbocycles. The summed E-state index contributed by atoms with van der Waals surface area (Å²) < 4.78 is 0. The van der Waals surface area contributed by atoms with Crippen molar-refractivity contribution >= 4 is 10.8 Å². The molecule has 0 aliphatic rings. The molecule has 2 aromatic heterocycles. The molecule has 4 heteroatoms. The Labute approximate surface area is 92.1 Å². The normalized spacial score (nSPS) is 10.5. The molecule has 16 heavy (non-hydrogen) atoms. The Morgan fingerprint density at radius 3 is 2.81 bits per heavy atom. The van der Waals surface area contributed by atoms with Crippen molar-refractivity contribution in [3.8, 4) is 5.88 Å². The van der Waals surface area contributed by atoms with Gasteiger partial charge in [0.15, 0.2) is 0 Å². The predicted molar refractivity (Wildman–Crippen MR) is 60.0 cm³/mol. The Kier molecular flexibility index (Phi) is 2.04. The van der Waals surface area contributed by atoms with Gasteiger partial charge in [0.05, 0.1) is 12.4 Å². The molecule has 0 saturated heterocycles. The summed E-state index contributed by atoms with van der Waals surface area (Å²) in [5.74, 6) is 0.557. The highest BCUT2D eigenvalue weighted by Gasteiger charge is 2.03. The molecule has 4 nitrogen and oxygen atoms in total. The van der Waals surface area contributed by atoms with Gasteiger partial charge in [-0.2, -0.15) is 0 Å².